The van der Waals surface area contributed by atoms with Crippen molar-refractivity contribution in [1.82, 2.24) is 4.98 Å². The maximum atomic E-state index is 9.34. The molecule has 0 unspecified atom stereocenters. The number of benzene rings is 1. The summed E-state index contributed by atoms with van der Waals surface area (Å²) in [6.45, 7) is 0. The molecule has 2 nitrogen and oxygen atoms in total. The summed E-state index contributed by atoms with van der Waals surface area (Å²) in [7, 11) is 0. The van der Waals surface area contributed by atoms with Crippen molar-refractivity contribution in [1.29, 1.82) is 0 Å². The normalized spacial score (nSPS) is 10.6. The van der Waals surface area contributed by atoms with E-state index < -0.39 is 0 Å². The van der Waals surface area contributed by atoms with Crippen molar-refractivity contribution >= 4 is 22.5 Å². The number of nitrogens with one attached hydrogen (secondary N) is 1. The summed E-state index contributed by atoms with van der Waals surface area (Å²) in [5.74, 6) is 0.216. The summed E-state index contributed by atoms with van der Waals surface area (Å²) in [5, 5.41) is 10.7. The second kappa shape index (κ2) is 2.17. The van der Waals surface area contributed by atoms with Gasteiger partial charge in [-0.2, -0.15) is 0 Å². The third-order valence-corrected chi connectivity index (χ3v) is 1.83. The summed E-state index contributed by atoms with van der Waals surface area (Å²) >= 11 is 5.70. The van der Waals surface area contributed by atoms with Crippen LogP contribution in [-0.2, 0) is 0 Å². The van der Waals surface area contributed by atoms with Crippen molar-refractivity contribution in [2.75, 3.05) is 0 Å². The highest BCUT2D eigenvalue weighted by atomic mass is 35.5. The second-order valence-electron chi connectivity index (χ2n) is 2.36. The number of H-pyrrole nitrogens is 1. The molecule has 1 aromatic carbocycles. The van der Waals surface area contributed by atoms with Crippen LogP contribution in [-0.4, -0.2) is 10.1 Å². The molecule has 2 rings (SSSR count). The van der Waals surface area contributed by atoms with Gasteiger partial charge in [-0.05, 0) is 18.2 Å². The fraction of sp³-hybridized carbons (Fsp3) is 0. The molecule has 0 aliphatic rings. The summed E-state index contributed by atoms with van der Waals surface area (Å²) in [6.07, 6.45) is 1.76. The van der Waals surface area contributed by atoms with Crippen LogP contribution in [0.5, 0.6) is 5.75 Å². The number of hydrogen-bond acceptors (Lipinski definition) is 1. The molecule has 0 radical (unpaired) electrons. The van der Waals surface area contributed by atoms with Gasteiger partial charge in [-0.3, -0.25) is 0 Å². The topological polar surface area (TPSA) is 36.0 Å². The first-order chi connectivity index (χ1) is 5.27. The lowest BCUT2D eigenvalue weighted by Crippen LogP contribution is -1.69. The minimum atomic E-state index is 0.216. The zero-order valence-electron chi connectivity index (χ0n) is 5.63. The number of phenolic OH excluding ortho intramolecular Hbond substituents is 1. The van der Waals surface area contributed by atoms with E-state index in [9.17, 15) is 5.11 Å². The summed E-state index contributed by atoms with van der Waals surface area (Å²) in [6, 6.07) is 5.11. The maximum absolute atomic E-state index is 9.34. The Morgan fingerprint density at radius 1 is 1.36 bits per heavy atom. The number of aromatic nitrogens is 1. The van der Waals surface area contributed by atoms with Gasteiger partial charge < -0.3 is 10.1 Å². The lowest BCUT2D eigenvalue weighted by molar-refractivity contribution is 0.482. The molecule has 0 saturated heterocycles. The van der Waals surface area contributed by atoms with Crippen LogP contribution in [0.2, 0.25) is 5.02 Å². The van der Waals surface area contributed by atoms with E-state index in [4.69, 9.17) is 11.6 Å². The zero-order chi connectivity index (χ0) is 7.84. The average molecular weight is 168 g/mol. The van der Waals surface area contributed by atoms with E-state index in [2.05, 4.69) is 4.98 Å². The quantitative estimate of drug-likeness (QED) is 0.622. The molecule has 3 heteroatoms. The number of aromatic hydroxyl groups is 1. The molecule has 0 aliphatic heterocycles. The Bertz CT molecular complexity index is 394. The fourth-order valence-corrected chi connectivity index (χ4v) is 1.33. The molecule has 0 aliphatic carbocycles. The SMILES string of the molecule is Oc1cc(Cl)cc2[nH]ccc12. The van der Waals surface area contributed by atoms with E-state index in [-0.39, 0.29) is 5.75 Å². The van der Waals surface area contributed by atoms with Crippen LogP contribution < -0.4 is 0 Å². The molecule has 11 heavy (non-hydrogen) atoms. The van der Waals surface area contributed by atoms with E-state index in [1.54, 1.807) is 18.3 Å². The predicted octanol–water partition coefficient (Wildman–Crippen LogP) is 2.53. The van der Waals surface area contributed by atoms with Gasteiger partial charge in [0.05, 0.1) is 5.52 Å². The summed E-state index contributed by atoms with van der Waals surface area (Å²) in [4.78, 5) is 2.96. The maximum Gasteiger partial charge on any atom is 0.126 e. The fourth-order valence-electron chi connectivity index (χ4n) is 1.11. The van der Waals surface area contributed by atoms with Gasteiger partial charge in [0.25, 0.3) is 0 Å². The highest BCUT2D eigenvalue weighted by Gasteiger charge is 2.00. The van der Waals surface area contributed by atoms with Crippen molar-refractivity contribution in [3.8, 4) is 5.75 Å². The molecule has 0 fully saturated rings. The van der Waals surface area contributed by atoms with Crippen LogP contribution in [0.4, 0.5) is 0 Å². The third kappa shape index (κ3) is 0.955. The standard InChI is InChI=1S/C8H6ClNO/c9-5-3-7-6(1-2-10-7)8(11)4-5/h1-4,10-11H. The van der Waals surface area contributed by atoms with Crippen molar-refractivity contribution in [3.63, 3.8) is 0 Å². The van der Waals surface area contributed by atoms with E-state index in [1.165, 1.54) is 6.07 Å². The van der Waals surface area contributed by atoms with Crippen molar-refractivity contribution < 1.29 is 5.11 Å². The molecular weight excluding hydrogens is 162 g/mol. The molecule has 1 heterocycles. The summed E-state index contributed by atoms with van der Waals surface area (Å²) < 4.78 is 0. The average Bonchev–Trinajstić information content (AvgIpc) is 2.34. The number of fused-ring (bicyclic) bond motifs is 1. The first-order valence-electron chi connectivity index (χ1n) is 3.23. The van der Waals surface area contributed by atoms with E-state index >= 15 is 0 Å². The van der Waals surface area contributed by atoms with Gasteiger partial charge in [0.15, 0.2) is 0 Å². The number of rotatable bonds is 0. The van der Waals surface area contributed by atoms with Gasteiger partial charge in [-0.25, -0.2) is 0 Å². The Balaban J connectivity index is 2.91. The van der Waals surface area contributed by atoms with Crippen molar-refractivity contribution in [2.24, 2.45) is 0 Å². The molecule has 0 spiro atoms. The van der Waals surface area contributed by atoms with Gasteiger partial charge in [0.2, 0.25) is 0 Å². The monoisotopic (exact) mass is 167 g/mol. The Morgan fingerprint density at radius 2 is 2.18 bits per heavy atom. The highest BCUT2D eigenvalue weighted by molar-refractivity contribution is 6.31. The van der Waals surface area contributed by atoms with Crippen LogP contribution >= 0.6 is 11.6 Å². The molecule has 56 valence electrons. The van der Waals surface area contributed by atoms with E-state index in [0.717, 1.165) is 10.9 Å². The van der Waals surface area contributed by atoms with Gasteiger partial charge in [-0.15, -0.1) is 0 Å². The molecule has 0 amide bonds. The van der Waals surface area contributed by atoms with Gasteiger partial charge in [0, 0.05) is 16.6 Å². The number of halogens is 1. The largest absolute Gasteiger partial charge is 0.507 e. The number of hydrogen-bond donors (Lipinski definition) is 2. The van der Waals surface area contributed by atoms with Crippen molar-refractivity contribution in [2.45, 2.75) is 0 Å². The van der Waals surface area contributed by atoms with Gasteiger partial charge in [0.1, 0.15) is 5.75 Å². The van der Waals surface area contributed by atoms with Crippen molar-refractivity contribution in [3.05, 3.63) is 29.4 Å². The summed E-state index contributed by atoms with van der Waals surface area (Å²) in [5.41, 5.74) is 0.856. The van der Waals surface area contributed by atoms with Crippen LogP contribution in [0.25, 0.3) is 10.9 Å². The molecule has 2 N–H and O–H groups in total. The molecular formula is C8H6ClNO. The first-order valence-corrected chi connectivity index (χ1v) is 3.61. The Kier molecular flexibility index (Phi) is 1.29. The Labute approximate surface area is 68.4 Å². The molecule has 0 atom stereocenters. The predicted molar refractivity (Wildman–Crippen MR) is 45.0 cm³/mol. The molecule has 0 saturated carbocycles. The van der Waals surface area contributed by atoms with E-state index in [1.807, 2.05) is 0 Å². The minimum absolute atomic E-state index is 0.216. The second-order valence-corrected chi connectivity index (χ2v) is 2.80. The van der Waals surface area contributed by atoms with Crippen LogP contribution in [0.1, 0.15) is 0 Å². The van der Waals surface area contributed by atoms with Gasteiger partial charge in [-0.1, -0.05) is 11.6 Å². The molecule has 2 aromatic rings. The Morgan fingerprint density at radius 3 is 3.00 bits per heavy atom. The lowest BCUT2D eigenvalue weighted by Gasteiger charge is -1.94. The van der Waals surface area contributed by atoms with Crippen LogP contribution in [0.15, 0.2) is 24.4 Å². The molecule has 1 aromatic heterocycles. The molecule has 0 bridgehead atoms. The lowest BCUT2D eigenvalue weighted by atomic mass is 10.2. The zero-order valence-corrected chi connectivity index (χ0v) is 6.39. The van der Waals surface area contributed by atoms with Gasteiger partial charge >= 0.3 is 0 Å². The van der Waals surface area contributed by atoms with Crippen LogP contribution in [0.3, 0.4) is 0 Å². The minimum Gasteiger partial charge on any atom is -0.507 e. The number of aromatic amines is 1. The number of phenols is 1. The first kappa shape index (κ1) is 6.55. The smallest absolute Gasteiger partial charge is 0.126 e. The third-order valence-electron chi connectivity index (χ3n) is 1.61. The van der Waals surface area contributed by atoms with E-state index in [0.29, 0.717) is 5.02 Å². The Hall–Kier alpha value is -1.15. The highest BCUT2D eigenvalue weighted by Crippen LogP contribution is 2.27. The van der Waals surface area contributed by atoms with Crippen LogP contribution in [0, 0.1) is 0 Å².